The third kappa shape index (κ3) is 4.86. The van der Waals surface area contributed by atoms with Crippen molar-refractivity contribution in [2.45, 2.75) is 6.42 Å². The van der Waals surface area contributed by atoms with Crippen LogP contribution in [0.25, 0.3) is 0 Å². The molecule has 2 aromatic carbocycles. The number of hydrogen-bond acceptors (Lipinski definition) is 5. The second kappa shape index (κ2) is 9.09. The molecular formula is C22H20ClFN4O2. The number of piperazine rings is 1. The van der Waals surface area contributed by atoms with Gasteiger partial charge in [-0.2, -0.15) is 0 Å². The van der Waals surface area contributed by atoms with Gasteiger partial charge in [0, 0.05) is 32.2 Å². The van der Waals surface area contributed by atoms with Crippen molar-refractivity contribution >= 4 is 23.3 Å². The Kier molecular flexibility index (Phi) is 6.09. The molecule has 1 amide bonds. The zero-order valence-corrected chi connectivity index (χ0v) is 16.9. The van der Waals surface area contributed by atoms with E-state index in [4.69, 9.17) is 16.3 Å². The van der Waals surface area contributed by atoms with Gasteiger partial charge in [-0.05, 0) is 23.8 Å². The summed E-state index contributed by atoms with van der Waals surface area (Å²) in [5.74, 6) is 1.03. The summed E-state index contributed by atoms with van der Waals surface area (Å²) in [7, 11) is 0. The largest absolute Gasteiger partial charge is 0.437 e. The van der Waals surface area contributed by atoms with Crippen LogP contribution in [0.15, 0.2) is 60.9 Å². The lowest BCUT2D eigenvalue weighted by atomic mass is 10.1. The molecule has 2 heterocycles. The maximum Gasteiger partial charge on any atom is 0.227 e. The van der Waals surface area contributed by atoms with Gasteiger partial charge >= 0.3 is 0 Å². The van der Waals surface area contributed by atoms with Crippen molar-refractivity contribution in [2.24, 2.45) is 0 Å². The summed E-state index contributed by atoms with van der Waals surface area (Å²) in [4.78, 5) is 24.9. The van der Waals surface area contributed by atoms with E-state index < -0.39 is 5.82 Å². The smallest absolute Gasteiger partial charge is 0.227 e. The number of carbonyl (C=O) groups excluding carboxylic acids is 1. The zero-order chi connectivity index (χ0) is 20.9. The molecule has 1 aromatic heterocycles. The van der Waals surface area contributed by atoms with E-state index in [9.17, 15) is 9.18 Å². The van der Waals surface area contributed by atoms with Crippen LogP contribution in [0.1, 0.15) is 5.56 Å². The van der Waals surface area contributed by atoms with Gasteiger partial charge in [0.1, 0.15) is 23.7 Å². The first-order valence-electron chi connectivity index (χ1n) is 9.60. The number of ether oxygens (including phenoxy) is 1. The summed E-state index contributed by atoms with van der Waals surface area (Å²) >= 11 is 6.02. The average Bonchev–Trinajstić information content (AvgIpc) is 2.77. The van der Waals surface area contributed by atoms with E-state index in [1.54, 1.807) is 6.07 Å². The van der Waals surface area contributed by atoms with Crippen molar-refractivity contribution < 1.29 is 13.9 Å². The van der Waals surface area contributed by atoms with Crippen LogP contribution in [0, 0.1) is 5.82 Å². The Morgan fingerprint density at radius 3 is 2.53 bits per heavy atom. The minimum absolute atomic E-state index is 0.124. The number of hydrogen-bond donors (Lipinski definition) is 0. The van der Waals surface area contributed by atoms with Gasteiger partial charge in [0.25, 0.3) is 0 Å². The number of carbonyl (C=O) groups is 1. The van der Waals surface area contributed by atoms with E-state index in [0.29, 0.717) is 50.0 Å². The van der Waals surface area contributed by atoms with Gasteiger partial charge in [0.2, 0.25) is 11.8 Å². The van der Waals surface area contributed by atoms with Crippen molar-refractivity contribution in [1.82, 2.24) is 14.9 Å². The molecule has 1 saturated heterocycles. The molecule has 8 heteroatoms. The van der Waals surface area contributed by atoms with Crippen LogP contribution in [0.3, 0.4) is 0 Å². The highest BCUT2D eigenvalue weighted by atomic mass is 35.5. The molecule has 1 aliphatic rings. The molecule has 1 aliphatic heterocycles. The van der Waals surface area contributed by atoms with E-state index in [1.165, 1.54) is 24.5 Å². The number of anilines is 1. The predicted octanol–water partition coefficient (Wildman–Crippen LogP) is 3.95. The fourth-order valence-corrected chi connectivity index (χ4v) is 3.50. The van der Waals surface area contributed by atoms with Gasteiger partial charge in [-0.15, -0.1) is 0 Å². The van der Waals surface area contributed by atoms with Crippen LogP contribution in [-0.2, 0) is 11.2 Å². The van der Waals surface area contributed by atoms with Crippen molar-refractivity contribution in [1.29, 1.82) is 0 Å². The van der Waals surface area contributed by atoms with Gasteiger partial charge in [0.15, 0.2) is 0 Å². The predicted molar refractivity (Wildman–Crippen MR) is 112 cm³/mol. The Morgan fingerprint density at radius 1 is 1.03 bits per heavy atom. The van der Waals surface area contributed by atoms with Crippen LogP contribution < -0.4 is 9.64 Å². The normalized spacial score (nSPS) is 13.9. The lowest BCUT2D eigenvalue weighted by Gasteiger charge is -2.35. The Morgan fingerprint density at radius 2 is 1.80 bits per heavy atom. The summed E-state index contributed by atoms with van der Waals surface area (Å²) in [6, 6.07) is 15.4. The van der Waals surface area contributed by atoms with Gasteiger partial charge in [-0.1, -0.05) is 41.9 Å². The first kappa shape index (κ1) is 20.1. The van der Waals surface area contributed by atoms with Gasteiger partial charge in [-0.3, -0.25) is 4.79 Å². The Labute approximate surface area is 178 Å². The van der Waals surface area contributed by atoms with Crippen LogP contribution in [0.5, 0.6) is 11.6 Å². The highest BCUT2D eigenvalue weighted by Crippen LogP contribution is 2.30. The maximum absolute atomic E-state index is 13.2. The minimum atomic E-state index is -0.435. The van der Waals surface area contributed by atoms with E-state index in [-0.39, 0.29) is 10.9 Å². The van der Waals surface area contributed by atoms with Crippen LogP contribution in [-0.4, -0.2) is 47.0 Å². The summed E-state index contributed by atoms with van der Waals surface area (Å²) in [5, 5.41) is 0.167. The van der Waals surface area contributed by atoms with Crippen molar-refractivity contribution in [3.63, 3.8) is 0 Å². The lowest BCUT2D eigenvalue weighted by Crippen LogP contribution is -2.49. The fourth-order valence-electron chi connectivity index (χ4n) is 3.30. The zero-order valence-electron chi connectivity index (χ0n) is 16.2. The molecule has 0 atom stereocenters. The Balaban J connectivity index is 1.36. The second-order valence-electron chi connectivity index (χ2n) is 6.92. The summed E-state index contributed by atoms with van der Waals surface area (Å²) < 4.78 is 18.9. The fraction of sp³-hybridized carbons (Fsp3) is 0.227. The average molecular weight is 427 g/mol. The number of amides is 1. The molecule has 4 rings (SSSR count). The van der Waals surface area contributed by atoms with Gasteiger partial charge in [-0.25, -0.2) is 14.4 Å². The maximum atomic E-state index is 13.2. The number of halogens is 2. The number of benzene rings is 2. The highest BCUT2D eigenvalue weighted by Gasteiger charge is 2.22. The molecule has 3 aromatic rings. The number of aromatic nitrogens is 2. The second-order valence-corrected chi connectivity index (χ2v) is 7.33. The van der Waals surface area contributed by atoms with Crippen molar-refractivity contribution in [3.8, 4) is 11.6 Å². The topological polar surface area (TPSA) is 58.6 Å². The highest BCUT2D eigenvalue weighted by molar-refractivity contribution is 6.32. The van der Waals surface area contributed by atoms with E-state index >= 15 is 0 Å². The molecule has 154 valence electrons. The molecule has 0 saturated carbocycles. The monoisotopic (exact) mass is 426 g/mol. The first-order valence-corrected chi connectivity index (χ1v) is 9.98. The van der Waals surface area contributed by atoms with Gasteiger partial charge < -0.3 is 14.5 Å². The molecule has 0 aliphatic carbocycles. The van der Waals surface area contributed by atoms with Crippen molar-refractivity contribution in [3.05, 3.63) is 77.3 Å². The summed E-state index contributed by atoms with van der Waals surface area (Å²) in [6.45, 7) is 2.56. The third-order valence-electron chi connectivity index (χ3n) is 4.89. The van der Waals surface area contributed by atoms with E-state index in [2.05, 4.69) is 14.9 Å². The molecule has 0 radical (unpaired) electrons. The standard InChI is InChI=1S/C22H20ClFN4O2/c23-18-13-17(24)6-7-19(18)30-21-14-20(25-15-26-21)27-8-10-28(11-9-27)22(29)12-16-4-2-1-3-5-16/h1-7,13-15H,8-12H2. The van der Waals surface area contributed by atoms with Crippen LogP contribution >= 0.6 is 11.6 Å². The first-order chi connectivity index (χ1) is 14.6. The van der Waals surface area contributed by atoms with E-state index in [1.807, 2.05) is 35.2 Å². The quantitative estimate of drug-likeness (QED) is 0.618. The Hall–Kier alpha value is -3.19. The third-order valence-corrected chi connectivity index (χ3v) is 5.19. The Bertz CT molecular complexity index is 1030. The molecule has 0 bridgehead atoms. The number of rotatable bonds is 5. The molecule has 30 heavy (non-hydrogen) atoms. The SMILES string of the molecule is O=C(Cc1ccccc1)N1CCN(c2cc(Oc3ccc(F)cc3Cl)ncn2)CC1. The number of nitrogens with zero attached hydrogens (tertiary/aromatic N) is 4. The molecule has 6 nitrogen and oxygen atoms in total. The summed E-state index contributed by atoms with van der Waals surface area (Å²) in [5.41, 5.74) is 1.02. The molecule has 0 unspecified atom stereocenters. The van der Waals surface area contributed by atoms with Crippen LogP contribution in [0.2, 0.25) is 5.02 Å². The molecule has 1 fully saturated rings. The summed E-state index contributed by atoms with van der Waals surface area (Å²) in [6.07, 6.45) is 1.82. The molecule has 0 N–H and O–H groups in total. The minimum Gasteiger partial charge on any atom is -0.437 e. The van der Waals surface area contributed by atoms with Gasteiger partial charge in [0.05, 0.1) is 11.4 Å². The van der Waals surface area contributed by atoms with E-state index in [0.717, 1.165) is 5.56 Å². The van der Waals surface area contributed by atoms with Crippen LogP contribution in [0.4, 0.5) is 10.2 Å². The molecule has 0 spiro atoms. The van der Waals surface area contributed by atoms with Crippen molar-refractivity contribution in [2.75, 3.05) is 31.1 Å². The lowest BCUT2D eigenvalue weighted by molar-refractivity contribution is -0.130. The molecular weight excluding hydrogens is 407 g/mol.